The van der Waals surface area contributed by atoms with E-state index < -0.39 is 0 Å². The molecule has 0 spiro atoms. The molecule has 100 valence electrons. The Kier molecular flexibility index (Phi) is 3.65. The van der Waals surface area contributed by atoms with Crippen molar-refractivity contribution in [3.8, 4) is 0 Å². The number of pyridine rings is 1. The smallest absolute Gasteiger partial charge is 0.125 e. The van der Waals surface area contributed by atoms with Gasteiger partial charge >= 0.3 is 0 Å². The van der Waals surface area contributed by atoms with Crippen LogP contribution in [0.25, 0.3) is 10.8 Å². The molecule has 0 bridgehead atoms. The summed E-state index contributed by atoms with van der Waals surface area (Å²) in [6.45, 7) is 3.47. The first-order valence-electron chi connectivity index (χ1n) is 6.63. The second kappa shape index (κ2) is 5.75. The van der Waals surface area contributed by atoms with Gasteiger partial charge in [0, 0.05) is 37.1 Å². The Hall–Kier alpha value is -2.33. The maximum absolute atomic E-state index is 4.37. The van der Waals surface area contributed by atoms with Gasteiger partial charge < -0.3 is 5.32 Å². The molecule has 3 rings (SSSR count). The molecule has 3 aromatic rings. The zero-order valence-corrected chi connectivity index (χ0v) is 11.4. The van der Waals surface area contributed by atoms with Crippen molar-refractivity contribution in [2.75, 3.05) is 0 Å². The molecular weight excluding hydrogens is 248 g/mol. The number of nitrogens with one attached hydrogen (secondary N) is 1. The summed E-state index contributed by atoms with van der Waals surface area (Å²) in [5.41, 5.74) is 2.27. The fourth-order valence-electron chi connectivity index (χ4n) is 2.18. The van der Waals surface area contributed by atoms with Crippen molar-refractivity contribution in [2.45, 2.75) is 20.0 Å². The highest BCUT2D eigenvalue weighted by atomic mass is 14.9. The van der Waals surface area contributed by atoms with Gasteiger partial charge in [0.05, 0.1) is 5.69 Å². The second-order valence-corrected chi connectivity index (χ2v) is 4.76. The Morgan fingerprint density at radius 1 is 1.00 bits per heavy atom. The van der Waals surface area contributed by atoms with Crippen molar-refractivity contribution < 1.29 is 0 Å². The van der Waals surface area contributed by atoms with E-state index >= 15 is 0 Å². The van der Waals surface area contributed by atoms with Crippen molar-refractivity contribution in [2.24, 2.45) is 0 Å². The fourth-order valence-corrected chi connectivity index (χ4v) is 2.18. The van der Waals surface area contributed by atoms with Crippen molar-refractivity contribution in [1.29, 1.82) is 0 Å². The van der Waals surface area contributed by atoms with Crippen molar-refractivity contribution >= 4 is 10.8 Å². The van der Waals surface area contributed by atoms with Gasteiger partial charge in [-0.25, -0.2) is 9.97 Å². The number of aromatic nitrogens is 3. The van der Waals surface area contributed by atoms with Crippen LogP contribution in [0.1, 0.15) is 17.1 Å². The molecule has 1 aromatic carbocycles. The Labute approximate surface area is 117 Å². The van der Waals surface area contributed by atoms with E-state index in [2.05, 4.69) is 38.5 Å². The molecule has 1 N–H and O–H groups in total. The van der Waals surface area contributed by atoms with Crippen LogP contribution in [0.3, 0.4) is 0 Å². The Bertz CT molecular complexity index is 724. The summed E-state index contributed by atoms with van der Waals surface area (Å²) in [7, 11) is 0. The predicted octanol–water partition coefficient (Wildman–Crippen LogP) is 2.62. The largest absolute Gasteiger partial charge is 0.307 e. The predicted molar refractivity (Wildman–Crippen MR) is 79.1 cm³/mol. The number of benzene rings is 1. The summed E-state index contributed by atoms with van der Waals surface area (Å²) in [6, 6.07) is 10.4. The standard InChI is InChI=1S/C16H16N4/c1-12-19-7-5-16(20-12)11-18-9-13-2-3-15-10-17-6-4-14(15)8-13/h2-8,10,18H,9,11H2,1H3. The molecule has 0 saturated carbocycles. The highest BCUT2D eigenvalue weighted by Crippen LogP contribution is 2.14. The molecule has 0 atom stereocenters. The van der Waals surface area contributed by atoms with Crippen LogP contribution in [-0.4, -0.2) is 15.0 Å². The summed E-state index contributed by atoms with van der Waals surface area (Å²) >= 11 is 0. The molecule has 20 heavy (non-hydrogen) atoms. The average Bonchev–Trinajstić information content (AvgIpc) is 2.47. The molecule has 0 aliphatic carbocycles. The molecule has 0 aliphatic rings. The number of hydrogen-bond acceptors (Lipinski definition) is 4. The quantitative estimate of drug-likeness (QED) is 0.787. The van der Waals surface area contributed by atoms with Crippen LogP contribution in [0, 0.1) is 6.92 Å². The van der Waals surface area contributed by atoms with E-state index in [1.807, 2.05) is 31.5 Å². The second-order valence-electron chi connectivity index (χ2n) is 4.76. The number of nitrogens with zero attached hydrogens (tertiary/aromatic N) is 3. The molecule has 2 aromatic heterocycles. The van der Waals surface area contributed by atoms with E-state index in [1.54, 1.807) is 6.20 Å². The van der Waals surface area contributed by atoms with Gasteiger partial charge in [0.25, 0.3) is 0 Å². The Morgan fingerprint density at radius 3 is 2.85 bits per heavy atom. The molecule has 4 heteroatoms. The first-order chi connectivity index (χ1) is 9.81. The molecule has 0 unspecified atom stereocenters. The maximum atomic E-state index is 4.37. The molecule has 0 saturated heterocycles. The summed E-state index contributed by atoms with van der Waals surface area (Å²) in [6.07, 6.45) is 5.50. The lowest BCUT2D eigenvalue weighted by atomic mass is 10.1. The van der Waals surface area contributed by atoms with Gasteiger partial charge in [-0.05, 0) is 36.1 Å². The first kappa shape index (κ1) is 12.7. The van der Waals surface area contributed by atoms with Gasteiger partial charge in [-0.15, -0.1) is 0 Å². The van der Waals surface area contributed by atoms with E-state index in [4.69, 9.17) is 0 Å². The lowest BCUT2D eigenvalue weighted by Crippen LogP contribution is -2.14. The third kappa shape index (κ3) is 2.97. The molecule has 2 heterocycles. The third-order valence-corrected chi connectivity index (χ3v) is 3.17. The highest BCUT2D eigenvalue weighted by Gasteiger charge is 1.98. The van der Waals surface area contributed by atoms with Crippen LogP contribution in [0.5, 0.6) is 0 Å². The number of aryl methyl sites for hydroxylation is 1. The minimum absolute atomic E-state index is 0.748. The zero-order chi connectivity index (χ0) is 13.8. The summed E-state index contributed by atoms with van der Waals surface area (Å²) in [4.78, 5) is 12.6. The number of fused-ring (bicyclic) bond motifs is 1. The van der Waals surface area contributed by atoms with Gasteiger partial charge in [0.2, 0.25) is 0 Å². The van der Waals surface area contributed by atoms with Gasteiger partial charge in [-0.3, -0.25) is 4.98 Å². The van der Waals surface area contributed by atoms with Crippen LogP contribution in [-0.2, 0) is 13.1 Å². The van der Waals surface area contributed by atoms with Crippen LogP contribution >= 0.6 is 0 Å². The SMILES string of the molecule is Cc1nccc(CNCc2ccc3cnccc3c2)n1. The Morgan fingerprint density at radius 2 is 1.95 bits per heavy atom. The van der Waals surface area contributed by atoms with Gasteiger partial charge in [0.1, 0.15) is 5.82 Å². The maximum Gasteiger partial charge on any atom is 0.125 e. The summed E-state index contributed by atoms with van der Waals surface area (Å²) in [5, 5.41) is 5.79. The molecule has 0 aliphatic heterocycles. The molecule has 4 nitrogen and oxygen atoms in total. The average molecular weight is 264 g/mol. The minimum Gasteiger partial charge on any atom is -0.307 e. The van der Waals surface area contributed by atoms with E-state index in [-0.39, 0.29) is 0 Å². The number of rotatable bonds is 4. The molecule has 0 amide bonds. The van der Waals surface area contributed by atoms with Gasteiger partial charge in [-0.1, -0.05) is 12.1 Å². The van der Waals surface area contributed by atoms with Crippen LogP contribution in [0.4, 0.5) is 0 Å². The summed E-state index contributed by atoms with van der Waals surface area (Å²) < 4.78 is 0. The summed E-state index contributed by atoms with van der Waals surface area (Å²) in [5.74, 6) is 0.808. The fraction of sp³-hybridized carbons (Fsp3) is 0.188. The van der Waals surface area contributed by atoms with Crippen LogP contribution in [0.2, 0.25) is 0 Å². The molecule has 0 fully saturated rings. The third-order valence-electron chi connectivity index (χ3n) is 3.17. The zero-order valence-electron chi connectivity index (χ0n) is 11.4. The molecular formula is C16H16N4. The van der Waals surface area contributed by atoms with E-state index in [0.29, 0.717) is 0 Å². The number of hydrogen-bond donors (Lipinski definition) is 1. The lowest BCUT2D eigenvalue weighted by molar-refractivity contribution is 0.675. The van der Waals surface area contributed by atoms with Crippen molar-refractivity contribution in [3.63, 3.8) is 0 Å². The minimum atomic E-state index is 0.748. The van der Waals surface area contributed by atoms with Gasteiger partial charge in [0.15, 0.2) is 0 Å². The van der Waals surface area contributed by atoms with E-state index in [1.165, 1.54) is 16.3 Å². The molecule has 0 radical (unpaired) electrons. The van der Waals surface area contributed by atoms with Gasteiger partial charge in [-0.2, -0.15) is 0 Å². The van der Waals surface area contributed by atoms with Crippen LogP contribution in [0.15, 0.2) is 48.9 Å². The van der Waals surface area contributed by atoms with Crippen molar-refractivity contribution in [3.05, 3.63) is 66.0 Å². The first-order valence-corrected chi connectivity index (χ1v) is 6.63. The van der Waals surface area contributed by atoms with Crippen molar-refractivity contribution in [1.82, 2.24) is 20.3 Å². The normalized spacial score (nSPS) is 10.8. The monoisotopic (exact) mass is 264 g/mol. The van der Waals surface area contributed by atoms with Crippen LogP contribution < -0.4 is 5.32 Å². The Balaban J connectivity index is 1.65. The lowest BCUT2D eigenvalue weighted by Gasteiger charge is -2.06. The topological polar surface area (TPSA) is 50.7 Å². The highest BCUT2D eigenvalue weighted by molar-refractivity contribution is 5.81. The van der Waals surface area contributed by atoms with E-state index in [9.17, 15) is 0 Å². The van der Waals surface area contributed by atoms with E-state index in [0.717, 1.165) is 24.6 Å².